The number of aliphatic hydroxyl groups excluding tert-OH is 1. The number of aliphatic hydroxyl groups is 2. The number of anilines is 1. The van der Waals surface area contributed by atoms with E-state index in [2.05, 4.69) is 11.9 Å². The summed E-state index contributed by atoms with van der Waals surface area (Å²) in [6.07, 6.45) is 5.69. The minimum atomic E-state index is -1.56. The Balaban J connectivity index is 1.25. The molecule has 6 rings (SSSR count). The number of carbonyl (C=O) groups is 2. The van der Waals surface area contributed by atoms with Gasteiger partial charge in [-0.2, -0.15) is 0 Å². The molecule has 2 aromatic rings. The summed E-state index contributed by atoms with van der Waals surface area (Å²) in [4.78, 5) is 30.0. The van der Waals surface area contributed by atoms with Gasteiger partial charge in [0, 0.05) is 11.8 Å². The number of nitrogens with two attached hydrogens (primary N) is 1. The van der Waals surface area contributed by atoms with Crippen molar-refractivity contribution in [2.45, 2.75) is 70.5 Å². The third-order valence-corrected chi connectivity index (χ3v) is 11.1. The number of benzene rings is 1. The number of fused-ring (bicyclic) bond motifs is 6. The zero-order valence-electron chi connectivity index (χ0n) is 20.8. The number of carbonyl (C=O) groups excluding carboxylic acids is 2. The predicted molar refractivity (Wildman–Crippen MR) is 138 cm³/mol. The fourth-order valence-electron chi connectivity index (χ4n) is 8.47. The fraction of sp³-hybridized carbons (Fsp3) is 0.607. The van der Waals surface area contributed by atoms with Crippen LogP contribution in [0.3, 0.4) is 0 Å². The number of thiazole rings is 1. The van der Waals surface area contributed by atoms with Gasteiger partial charge in [0.1, 0.15) is 23.5 Å². The summed E-state index contributed by atoms with van der Waals surface area (Å²) < 4.78 is 6.79. The van der Waals surface area contributed by atoms with E-state index >= 15 is 0 Å². The molecule has 7 atom stereocenters. The first-order chi connectivity index (χ1) is 17.1. The first-order valence-electron chi connectivity index (χ1n) is 13.0. The van der Waals surface area contributed by atoms with E-state index in [0.29, 0.717) is 35.7 Å². The Hall–Kier alpha value is -2.29. The molecule has 0 amide bonds. The monoisotopic (exact) mass is 510 g/mol. The summed E-state index contributed by atoms with van der Waals surface area (Å²) in [5.41, 5.74) is 5.17. The quantitative estimate of drug-likeness (QED) is 0.567. The lowest BCUT2D eigenvalue weighted by Crippen LogP contribution is -2.62. The van der Waals surface area contributed by atoms with E-state index in [1.54, 1.807) is 6.07 Å². The Morgan fingerprint density at radius 3 is 2.86 bits per heavy atom. The van der Waals surface area contributed by atoms with E-state index < -0.39 is 17.1 Å². The Kier molecular flexibility index (Phi) is 5.42. The SMILES string of the molecule is CC12CCC(=O)C=C1CCC1C2[C@@H](O)CC2(C)C1CC[C@]2(O)C(=O)COc1cccc2sc(N)nc12. The van der Waals surface area contributed by atoms with E-state index in [4.69, 9.17) is 10.5 Å². The molecule has 5 unspecified atom stereocenters. The molecule has 3 saturated carbocycles. The van der Waals surface area contributed by atoms with Crippen molar-refractivity contribution in [2.75, 3.05) is 12.3 Å². The highest BCUT2D eigenvalue weighted by atomic mass is 32.1. The second-order valence-electron chi connectivity index (χ2n) is 11.8. The second-order valence-corrected chi connectivity index (χ2v) is 12.9. The second kappa shape index (κ2) is 8.10. The van der Waals surface area contributed by atoms with Gasteiger partial charge in [-0.1, -0.05) is 36.8 Å². The number of ether oxygens (including phenoxy) is 1. The number of hydrogen-bond donors (Lipinski definition) is 3. The molecule has 0 saturated heterocycles. The zero-order chi connectivity index (χ0) is 25.5. The molecule has 1 heterocycles. The standard InChI is InChI=1S/C28H34N2O5S/c1-26-10-8-16(31)12-15(26)6-7-17-18-9-11-28(34,27(18,2)13-19(32)23(17)26)22(33)14-35-20-4-3-5-21-24(20)30-25(29)36-21/h3-5,12,17-19,23,32,34H,6-11,13-14H2,1-2H3,(H2,29,30)/t17?,18?,19-,23?,26?,27?,28-/m0/s1. The third kappa shape index (κ3) is 3.26. The number of para-hydroxylation sites is 1. The summed E-state index contributed by atoms with van der Waals surface area (Å²) in [6.45, 7) is 3.94. The number of hydrogen-bond acceptors (Lipinski definition) is 8. The van der Waals surface area contributed by atoms with Crippen LogP contribution in [-0.2, 0) is 9.59 Å². The minimum absolute atomic E-state index is 0.0464. The smallest absolute Gasteiger partial charge is 0.202 e. The number of rotatable bonds is 4. The van der Waals surface area contributed by atoms with Gasteiger partial charge in [0.2, 0.25) is 5.78 Å². The van der Waals surface area contributed by atoms with Crippen LogP contribution in [-0.4, -0.2) is 45.1 Å². The number of Topliss-reactive ketones (excluding diaryl/α,β-unsaturated/α-hetero) is 1. The van der Waals surface area contributed by atoms with Crippen molar-refractivity contribution in [1.29, 1.82) is 0 Å². The molecule has 0 aliphatic heterocycles. The van der Waals surface area contributed by atoms with E-state index in [1.807, 2.05) is 25.1 Å². The highest BCUT2D eigenvalue weighted by molar-refractivity contribution is 7.22. The van der Waals surface area contributed by atoms with E-state index in [-0.39, 0.29) is 41.3 Å². The van der Waals surface area contributed by atoms with Crippen LogP contribution in [0.1, 0.15) is 58.8 Å². The first kappa shape index (κ1) is 24.1. The van der Waals surface area contributed by atoms with Crippen LogP contribution in [0.5, 0.6) is 5.75 Å². The molecule has 1 aromatic carbocycles. The van der Waals surface area contributed by atoms with Crippen molar-refractivity contribution < 1.29 is 24.5 Å². The molecule has 0 radical (unpaired) electrons. The van der Waals surface area contributed by atoms with E-state index in [0.717, 1.165) is 30.4 Å². The molecular formula is C28H34N2O5S. The summed E-state index contributed by atoms with van der Waals surface area (Å²) in [5.74, 6) is 0.718. The maximum absolute atomic E-state index is 13.6. The molecule has 7 nitrogen and oxygen atoms in total. The van der Waals surface area contributed by atoms with Crippen LogP contribution in [0.15, 0.2) is 29.8 Å². The average Bonchev–Trinajstić information content (AvgIpc) is 3.34. The van der Waals surface area contributed by atoms with E-state index in [9.17, 15) is 19.8 Å². The zero-order valence-corrected chi connectivity index (χ0v) is 21.6. The molecule has 192 valence electrons. The fourth-order valence-corrected chi connectivity index (χ4v) is 9.22. The first-order valence-corrected chi connectivity index (χ1v) is 13.8. The molecule has 8 heteroatoms. The van der Waals surface area contributed by atoms with E-state index in [1.165, 1.54) is 16.9 Å². The summed E-state index contributed by atoms with van der Waals surface area (Å²) in [6, 6.07) is 5.50. The maximum Gasteiger partial charge on any atom is 0.202 e. The summed E-state index contributed by atoms with van der Waals surface area (Å²) in [7, 11) is 0. The van der Waals surface area contributed by atoms with Gasteiger partial charge in [0.15, 0.2) is 10.9 Å². The Morgan fingerprint density at radius 2 is 2.06 bits per heavy atom. The number of allylic oxidation sites excluding steroid dienone is 1. The highest BCUT2D eigenvalue weighted by Gasteiger charge is 2.68. The number of nitrogen functional groups attached to an aromatic ring is 1. The molecule has 36 heavy (non-hydrogen) atoms. The molecule has 4 aliphatic carbocycles. The van der Waals surface area contributed by atoms with Gasteiger partial charge >= 0.3 is 0 Å². The van der Waals surface area contributed by atoms with Gasteiger partial charge in [-0.3, -0.25) is 9.59 Å². The Bertz CT molecular complexity index is 1290. The van der Waals surface area contributed by atoms with Crippen LogP contribution in [0.2, 0.25) is 0 Å². The number of aromatic nitrogens is 1. The summed E-state index contributed by atoms with van der Waals surface area (Å²) >= 11 is 1.36. The van der Waals surface area contributed by atoms with Crippen LogP contribution in [0.25, 0.3) is 10.2 Å². The van der Waals surface area contributed by atoms with Crippen molar-refractivity contribution in [1.82, 2.24) is 4.98 Å². The van der Waals surface area contributed by atoms with Gasteiger partial charge < -0.3 is 20.7 Å². The van der Waals surface area contributed by atoms with Crippen molar-refractivity contribution in [2.24, 2.45) is 28.6 Å². The van der Waals surface area contributed by atoms with Gasteiger partial charge in [-0.15, -0.1) is 0 Å². The Morgan fingerprint density at radius 1 is 1.25 bits per heavy atom. The van der Waals surface area contributed by atoms with Gasteiger partial charge in [-0.05, 0) is 79.9 Å². The number of nitrogens with zero attached hydrogens (tertiary/aromatic N) is 1. The van der Waals surface area contributed by atoms with Crippen LogP contribution in [0.4, 0.5) is 5.13 Å². The molecular weight excluding hydrogens is 476 g/mol. The van der Waals surface area contributed by atoms with Crippen LogP contribution >= 0.6 is 11.3 Å². The largest absolute Gasteiger partial charge is 0.483 e. The molecule has 4 aliphatic rings. The Labute approximate surface area is 214 Å². The van der Waals surface area contributed by atoms with Crippen LogP contribution in [0, 0.1) is 28.6 Å². The average molecular weight is 511 g/mol. The van der Waals surface area contributed by atoms with Crippen LogP contribution < -0.4 is 10.5 Å². The van der Waals surface area contributed by atoms with Crippen molar-refractivity contribution in [3.05, 3.63) is 29.8 Å². The molecule has 0 bridgehead atoms. The van der Waals surface area contributed by atoms with Gasteiger partial charge in [0.25, 0.3) is 0 Å². The number of ketones is 2. The normalized spacial score (nSPS) is 39.8. The highest BCUT2D eigenvalue weighted by Crippen LogP contribution is 2.67. The molecule has 3 fully saturated rings. The lowest BCUT2D eigenvalue weighted by molar-refractivity contribution is -0.181. The topological polar surface area (TPSA) is 123 Å². The lowest BCUT2D eigenvalue weighted by atomic mass is 9.45. The van der Waals surface area contributed by atoms with Crippen molar-refractivity contribution in [3.8, 4) is 5.75 Å². The summed E-state index contributed by atoms with van der Waals surface area (Å²) in [5, 5.41) is 23.9. The van der Waals surface area contributed by atoms with Gasteiger partial charge in [-0.25, -0.2) is 4.98 Å². The maximum atomic E-state index is 13.6. The third-order valence-electron chi connectivity index (χ3n) is 10.3. The minimum Gasteiger partial charge on any atom is -0.483 e. The predicted octanol–water partition coefficient (Wildman–Crippen LogP) is 4.06. The van der Waals surface area contributed by atoms with Crippen molar-refractivity contribution in [3.63, 3.8) is 0 Å². The lowest BCUT2D eigenvalue weighted by Gasteiger charge is -2.60. The van der Waals surface area contributed by atoms with Gasteiger partial charge in [0.05, 0.1) is 10.8 Å². The van der Waals surface area contributed by atoms with Crippen molar-refractivity contribution >= 4 is 38.3 Å². The molecule has 4 N–H and O–H groups in total. The molecule has 1 aromatic heterocycles. The molecule has 0 spiro atoms.